The van der Waals surface area contributed by atoms with Crippen LogP contribution < -0.4 is 5.32 Å². The molecule has 1 aromatic carbocycles. The summed E-state index contributed by atoms with van der Waals surface area (Å²) in [5, 5.41) is 3.38. The Labute approximate surface area is 145 Å². The summed E-state index contributed by atoms with van der Waals surface area (Å²) in [5.74, 6) is 1.67. The van der Waals surface area contributed by atoms with Gasteiger partial charge in [0.1, 0.15) is 12.1 Å². The number of thiophene rings is 1. The minimum absolute atomic E-state index is 0.818. The Balaban J connectivity index is 0.000000815. The number of aryl methyl sites for hydroxylation is 1. The fourth-order valence-corrected chi connectivity index (χ4v) is 3.37. The summed E-state index contributed by atoms with van der Waals surface area (Å²) in [6.07, 6.45) is 3.26. The van der Waals surface area contributed by atoms with Gasteiger partial charge in [-0.3, -0.25) is 0 Å². The summed E-state index contributed by atoms with van der Waals surface area (Å²) in [7, 11) is 0. The second-order valence-electron chi connectivity index (χ2n) is 5.02. The van der Waals surface area contributed by atoms with Crippen LogP contribution in [0.2, 0.25) is 0 Å². The molecule has 0 aliphatic heterocycles. The maximum atomic E-state index is 5.46. The van der Waals surface area contributed by atoms with Gasteiger partial charge >= 0.3 is 0 Å². The normalized spacial score (nSPS) is 10.3. The molecule has 0 spiro atoms. The molecule has 3 heterocycles. The number of rotatable bonds is 3. The Morgan fingerprint density at radius 1 is 1.04 bits per heavy atom. The van der Waals surface area contributed by atoms with E-state index >= 15 is 0 Å². The molecule has 0 radical (unpaired) electrons. The SMILES string of the molecule is CC.Cc1cccc(Nc2ncnc3cc(-c4ccco4)sc23)c1. The van der Waals surface area contributed by atoms with E-state index in [1.807, 2.05) is 44.2 Å². The zero-order valence-electron chi connectivity index (χ0n) is 13.9. The summed E-state index contributed by atoms with van der Waals surface area (Å²) in [6, 6.07) is 14.1. The molecular formula is C19H19N3OS. The zero-order valence-corrected chi connectivity index (χ0v) is 14.7. The van der Waals surface area contributed by atoms with Crippen LogP contribution >= 0.6 is 11.3 Å². The molecule has 24 heavy (non-hydrogen) atoms. The Morgan fingerprint density at radius 3 is 2.67 bits per heavy atom. The molecule has 4 aromatic rings. The van der Waals surface area contributed by atoms with Crippen LogP contribution in [-0.2, 0) is 0 Å². The lowest BCUT2D eigenvalue weighted by Gasteiger charge is -2.06. The lowest BCUT2D eigenvalue weighted by Crippen LogP contribution is -1.94. The van der Waals surface area contributed by atoms with E-state index in [2.05, 4.69) is 34.3 Å². The average molecular weight is 337 g/mol. The molecule has 0 bridgehead atoms. The molecule has 0 fully saturated rings. The highest BCUT2D eigenvalue weighted by atomic mass is 32.1. The topological polar surface area (TPSA) is 51.0 Å². The van der Waals surface area contributed by atoms with Gasteiger partial charge in [-0.2, -0.15) is 0 Å². The lowest BCUT2D eigenvalue weighted by molar-refractivity contribution is 0.584. The van der Waals surface area contributed by atoms with Gasteiger partial charge in [-0.1, -0.05) is 26.0 Å². The van der Waals surface area contributed by atoms with Gasteiger partial charge in [0.05, 0.1) is 21.4 Å². The predicted molar refractivity (Wildman–Crippen MR) is 101 cm³/mol. The molecule has 0 amide bonds. The molecule has 4 rings (SSSR count). The van der Waals surface area contributed by atoms with Crippen molar-refractivity contribution in [3.8, 4) is 10.6 Å². The molecule has 122 valence electrons. The van der Waals surface area contributed by atoms with Crippen molar-refractivity contribution < 1.29 is 4.42 Å². The number of hydrogen-bond acceptors (Lipinski definition) is 5. The van der Waals surface area contributed by atoms with Crippen LogP contribution in [0.3, 0.4) is 0 Å². The van der Waals surface area contributed by atoms with Crippen molar-refractivity contribution in [2.75, 3.05) is 5.32 Å². The van der Waals surface area contributed by atoms with Gasteiger partial charge in [0.2, 0.25) is 0 Å². The number of nitrogens with zero attached hydrogens (tertiary/aromatic N) is 2. The molecule has 0 aliphatic rings. The fourth-order valence-electron chi connectivity index (χ4n) is 2.34. The highest BCUT2D eigenvalue weighted by Crippen LogP contribution is 2.36. The average Bonchev–Trinajstić information content (AvgIpc) is 3.26. The number of nitrogens with one attached hydrogen (secondary N) is 1. The maximum Gasteiger partial charge on any atom is 0.151 e. The van der Waals surface area contributed by atoms with Crippen LogP contribution in [0.25, 0.3) is 20.9 Å². The van der Waals surface area contributed by atoms with E-state index < -0.39 is 0 Å². The van der Waals surface area contributed by atoms with E-state index in [0.29, 0.717) is 0 Å². The van der Waals surface area contributed by atoms with Crippen molar-refractivity contribution in [3.63, 3.8) is 0 Å². The summed E-state index contributed by atoms with van der Waals surface area (Å²) in [6.45, 7) is 6.07. The van der Waals surface area contributed by atoms with Gasteiger partial charge in [-0.15, -0.1) is 11.3 Å². The zero-order chi connectivity index (χ0) is 16.9. The van der Waals surface area contributed by atoms with Crippen molar-refractivity contribution in [2.24, 2.45) is 0 Å². The maximum absolute atomic E-state index is 5.46. The van der Waals surface area contributed by atoms with E-state index in [1.165, 1.54) is 5.56 Å². The Hall–Kier alpha value is -2.66. The molecule has 1 N–H and O–H groups in total. The van der Waals surface area contributed by atoms with Crippen LogP contribution in [0.1, 0.15) is 19.4 Å². The second kappa shape index (κ2) is 7.27. The van der Waals surface area contributed by atoms with E-state index in [0.717, 1.165) is 32.4 Å². The molecule has 0 saturated carbocycles. The quantitative estimate of drug-likeness (QED) is 0.496. The van der Waals surface area contributed by atoms with Gasteiger partial charge < -0.3 is 9.73 Å². The first kappa shape index (κ1) is 16.2. The van der Waals surface area contributed by atoms with Gasteiger partial charge in [0, 0.05) is 5.69 Å². The Morgan fingerprint density at radius 2 is 1.92 bits per heavy atom. The summed E-state index contributed by atoms with van der Waals surface area (Å²) in [5.41, 5.74) is 3.15. The molecule has 0 atom stereocenters. The van der Waals surface area contributed by atoms with E-state index in [9.17, 15) is 0 Å². The highest BCUT2D eigenvalue weighted by molar-refractivity contribution is 7.22. The minimum atomic E-state index is 0.818. The van der Waals surface area contributed by atoms with Gasteiger partial charge in [0.25, 0.3) is 0 Å². The number of hydrogen-bond donors (Lipinski definition) is 1. The van der Waals surface area contributed by atoms with Gasteiger partial charge in [0.15, 0.2) is 5.82 Å². The van der Waals surface area contributed by atoms with Crippen molar-refractivity contribution >= 4 is 33.1 Å². The predicted octanol–water partition coefficient (Wildman–Crippen LogP) is 6.03. The highest BCUT2D eigenvalue weighted by Gasteiger charge is 2.11. The van der Waals surface area contributed by atoms with Gasteiger partial charge in [-0.25, -0.2) is 9.97 Å². The molecule has 0 unspecified atom stereocenters. The van der Waals surface area contributed by atoms with E-state index in [1.54, 1.807) is 23.9 Å². The second-order valence-corrected chi connectivity index (χ2v) is 6.07. The van der Waals surface area contributed by atoms with Crippen LogP contribution in [0.15, 0.2) is 59.5 Å². The third-order valence-corrected chi connectivity index (χ3v) is 4.50. The van der Waals surface area contributed by atoms with Crippen molar-refractivity contribution in [3.05, 3.63) is 60.6 Å². The summed E-state index contributed by atoms with van der Waals surface area (Å²) >= 11 is 1.62. The van der Waals surface area contributed by atoms with Crippen molar-refractivity contribution in [1.82, 2.24) is 9.97 Å². The standard InChI is InChI=1S/C17H13N3OS.C2H6/c1-11-4-2-5-12(8-11)20-17-16-13(18-10-19-17)9-15(22-16)14-6-3-7-21-14;1-2/h2-10H,1H3,(H,18,19,20);1-2H3. The van der Waals surface area contributed by atoms with E-state index in [4.69, 9.17) is 4.42 Å². The van der Waals surface area contributed by atoms with Gasteiger partial charge in [-0.05, 0) is 42.8 Å². The minimum Gasteiger partial charge on any atom is -0.464 e. The number of anilines is 2. The molecule has 0 saturated heterocycles. The number of benzene rings is 1. The Kier molecular flexibility index (Phi) is 4.91. The third kappa shape index (κ3) is 3.31. The van der Waals surface area contributed by atoms with Crippen molar-refractivity contribution in [1.29, 1.82) is 0 Å². The lowest BCUT2D eigenvalue weighted by atomic mass is 10.2. The van der Waals surface area contributed by atoms with Crippen molar-refractivity contribution in [2.45, 2.75) is 20.8 Å². The van der Waals surface area contributed by atoms with Crippen LogP contribution in [-0.4, -0.2) is 9.97 Å². The summed E-state index contributed by atoms with van der Waals surface area (Å²) in [4.78, 5) is 9.78. The smallest absolute Gasteiger partial charge is 0.151 e. The van der Waals surface area contributed by atoms with Crippen LogP contribution in [0.5, 0.6) is 0 Å². The monoisotopic (exact) mass is 337 g/mol. The number of furan rings is 1. The molecule has 0 aliphatic carbocycles. The summed E-state index contributed by atoms with van der Waals surface area (Å²) < 4.78 is 6.49. The molecule has 3 aromatic heterocycles. The van der Waals surface area contributed by atoms with E-state index in [-0.39, 0.29) is 0 Å². The fraction of sp³-hybridized carbons (Fsp3) is 0.158. The van der Waals surface area contributed by atoms with Crippen LogP contribution in [0.4, 0.5) is 11.5 Å². The largest absolute Gasteiger partial charge is 0.464 e. The number of aromatic nitrogens is 2. The first-order valence-corrected chi connectivity index (χ1v) is 8.73. The molecule has 5 heteroatoms. The first-order chi connectivity index (χ1) is 11.8. The molecule has 4 nitrogen and oxygen atoms in total. The first-order valence-electron chi connectivity index (χ1n) is 7.92. The van der Waals surface area contributed by atoms with Crippen LogP contribution in [0, 0.1) is 6.92 Å². The third-order valence-electron chi connectivity index (χ3n) is 3.36. The number of fused-ring (bicyclic) bond motifs is 1. The molecular weight excluding hydrogens is 318 g/mol. The Bertz CT molecular complexity index is 929.